The summed E-state index contributed by atoms with van der Waals surface area (Å²) in [5.74, 6) is 0.833. The zero-order valence-electron chi connectivity index (χ0n) is 31.1. The Bertz CT molecular complexity index is 1260. The predicted octanol–water partition coefficient (Wildman–Crippen LogP) is 11.3. The van der Waals surface area contributed by atoms with Gasteiger partial charge in [0, 0.05) is 4.88 Å². The fourth-order valence-corrected chi connectivity index (χ4v) is 7.49. The molecule has 4 nitrogen and oxygen atoms in total. The lowest BCUT2D eigenvalue weighted by Crippen LogP contribution is -2.43. The molecule has 0 fully saturated rings. The molecule has 0 amide bonds. The van der Waals surface area contributed by atoms with E-state index in [1.54, 1.807) is 11.3 Å². The molecule has 7 heteroatoms. The molecular formula is C38H62O4SSi2. The predicted molar refractivity (Wildman–Crippen MR) is 196 cm³/mol. The molecule has 1 N–H and O–H groups in total. The van der Waals surface area contributed by atoms with E-state index in [0.717, 1.165) is 42.6 Å². The van der Waals surface area contributed by atoms with Crippen LogP contribution in [0, 0.1) is 5.41 Å². The molecular weight excluding hydrogens is 609 g/mol. The monoisotopic (exact) mass is 670 g/mol. The van der Waals surface area contributed by atoms with Crippen LogP contribution in [0.1, 0.15) is 151 Å². The third-order valence-electron chi connectivity index (χ3n) is 8.59. The van der Waals surface area contributed by atoms with Crippen molar-refractivity contribution in [2.75, 3.05) is 0 Å². The molecule has 1 aromatic carbocycles. The van der Waals surface area contributed by atoms with Crippen molar-refractivity contribution in [3.05, 3.63) is 57.3 Å². The van der Waals surface area contributed by atoms with Crippen LogP contribution in [0.2, 0.25) is 10.1 Å². The molecule has 2 aromatic rings. The highest BCUT2D eigenvalue weighted by atomic mass is 32.1. The number of aliphatic hydroxyl groups is 1. The van der Waals surface area contributed by atoms with E-state index in [0.29, 0.717) is 26.1 Å². The van der Waals surface area contributed by atoms with E-state index in [4.69, 9.17) is 13.6 Å². The van der Waals surface area contributed by atoms with Crippen molar-refractivity contribution in [2.24, 2.45) is 5.41 Å². The number of benzene rings is 1. The Morgan fingerprint density at radius 1 is 0.778 bits per heavy atom. The Balaban J connectivity index is 2.33. The summed E-state index contributed by atoms with van der Waals surface area (Å²) in [7, 11) is 0.736. The van der Waals surface area contributed by atoms with Gasteiger partial charge in [-0.15, -0.1) is 11.3 Å². The number of thiophene rings is 1. The molecule has 0 atom stereocenters. The van der Waals surface area contributed by atoms with Crippen molar-refractivity contribution in [2.45, 2.75) is 163 Å². The molecule has 4 radical (unpaired) electrons. The molecule has 0 saturated heterocycles. The van der Waals surface area contributed by atoms with Crippen LogP contribution in [0.5, 0.6) is 5.75 Å². The van der Waals surface area contributed by atoms with Gasteiger partial charge in [-0.2, -0.15) is 0 Å². The summed E-state index contributed by atoms with van der Waals surface area (Å²) < 4.78 is 19.6. The van der Waals surface area contributed by atoms with Crippen molar-refractivity contribution < 1.29 is 18.7 Å². The van der Waals surface area contributed by atoms with E-state index in [9.17, 15) is 5.11 Å². The minimum Gasteiger partial charge on any atom is -0.488 e. The van der Waals surface area contributed by atoms with Gasteiger partial charge in [0.2, 0.25) is 19.5 Å². The van der Waals surface area contributed by atoms with Crippen LogP contribution in [0.3, 0.4) is 0 Å². The molecule has 0 unspecified atom stereocenters. The Morgan fingerprint density at radius 2 is 1.31 bits per heavy atom. The van der Waals surface area contributed by atoms with E-state index in [1.807, 2.05) is 0 Å². The average molecular weight is 671 g/mol. The number of rotatable bonds is 16. The van der Waals surface area contributed by atoms with Gasteiger partial charge < -0.3 is 18.7 Å². The van der Waals surface area contributed by atoms with Gasteiger partial charge in [-0.1, -0.05) is 88.3 Å². The first kappa shape index (κ1) is 40.0. The molecule has 252 valence electrons. The van der Waals surface area contributed by atoms with Gasteiger partial charge in [-0.05, 0) is 115 Å². The topological polar surface area (TPSA) is 47.9 Å². The van der Waals surface area contributed by atoms with E-state index >= 15 is 0 Å². The Morgan fingerprint density at radius 3 is 1.80 bits per heavy atom. The molecule has 1 heterocycles. The minimum atomic E-state index is -0.661. The lowest BCUT2D eigenvalue weighted by molar-refractivity contribution is -0.0716. The summed E-state index contributed by atoms with van der Waals surface area (Å²) in [6.07, 6.45) is 5.65. The first-order valence-electron chi connectivity index (χ1n) is 16.7. The second-order valence-electron chi connectivity index (χ2n) is 16.1. The fourth-order valence-electron chi connectivity index (χ4n) is 5.33. The number of hydrogen-bond acceptors (Lipinski definition) is 5. The maximum atomic E-state index is 11.2. The molecule has 0 aliphatic rings. The lowest BCUT2D eigenvalue weighted by Gasteiger charge is -2.41. The van der Waals surface area contributed by atoms with E-state index in [-0.39, 0.29) is 15.5 Å². The van der Waals surface area contributed by atoms with Gasteiger partial charge in [0.05, 0.1) is 16.8 Å². The summed E-state index contributed by atoms with van der Waals surface area (Å²) >= 11 is 1.74. The van der Waals surface area contributed by atoms with Crippen molar-refractivity contribution in [1.82, 2.24) is 0 Å². The van der Waals surface area contributed by atoms with Crippen molar-refractivity contribution >= 4 is 36.4 Å². The van der Waals surface area contributed by atoms with E-state index in [1.165, 1.54) is 16.0 Å². The smallest absolute Gasteiger partial charge is 0.236 e. The SMILES string of the molecule is CCC(=CCC(C)(C)C(O)(CC)CC)c1csc(COc2ccc(C(C)(C)O[Si]C(C)(C)C)c(C(C)(C)O[Si]C(C)(C)C)c2)c1. The van der Waals surface area contributed by atoms with Gasteiger partial charge in [0.1, 0.15) is 12.4 Å². The maximum absolute atomic E-state index is 11.2. The molecule has 2 rings (SSSR count). The number of hydrogen-bond donors (Lipinski definition) is 1. The van der Waals surface area contributed by atoms with Crippen LogP contribution in [0.4, 0.5) is 0 Å². The first-order valence-corrected chi connectivity index (χ1v) is 19.4. The van der Waals surface area contributed by atoms with E-state index < -0.39 is 16.8 Å². The normalized spacial score (nSPS) is 14.3. The number of allylic oxidation sites excluding steroid dienone is 2. The van der Waals surface area contributed by atoms with Gasteiger partial charge in [0.15, 0.2) is 0 Å². The van der Waals surface area contributed by atoms with Crippen molar-refractivity contribution in [1.29, 1.82) is 0 Å². The summed E-state index contributed by atoms with van der Waals surface area (Å²) in [5, 5.41) is 13.6. The summed E-state index contributed by atoms with van der Waals surface area (Å²) in [5.41, 5.74) is 2.96. The van der Waals surface area contributed by atoms with Gasteiger partial charge in [0.25, 0.3) is 0 Å². The van der Waals surface area contributed by atoms with Crippen LogP contribution in [-0.2, 0) is 26.7 Å². The Hall–Kier alpha value is -1.23. The highest BCUT2D eigenvalue weighted by Crippen LogP contribution is 2.42. The minimum absolute atomic E-state index is 0.0802. The molecule has 0 aliphatic heterocycles. The zero-order chi connectivity index (χ0) is 34.5. The highest BCUT2D eigenvalue weighted by molar-refractivity contribution is 7.10. The molecule has 0 aliphatic carbocycles. The third-order valence-corrected chi connectivity index (χ3v) is 11.9. The first-order chi connectivity index (χ1) is 20.5. The van der Waals surface area contributed by atoms with E-state index in [2.05, 4.69) is 140 Å². The quantitative estimate of drug-likeness (QED) is 0.181. The summed E-state index contributed by atoms with van der Waals surface area (Å²) in [6.45, 7) is 33.2. The van der Waals surface area contributed by atoms with Crippen LogP contribution < -0.4 is 4.74 Å². The van der Waals surface area contributed by atoms with Crippen LogP contribution >= 0.6 is 11.3 Å². The third kappa shape index (κ3) is 11.5. The molecule has 0 bridgehead atoms. The summed E-state index contributed by atoms with van der Waals surface area (Å²) in [4.78, 5) is 1.19. The second kappa shape index (κ2) is 15.3. The Kier molecular flexibility index (Phi) is 13.6. The zero-order valence-corrected chi connectivity index (χ0v) is 33.9. The standard InChI is InChI=1S/C38H62O4SSi2/c1-16-27(21-22-35(10,11)38(39,17-2)18-3)28-23-30(43-26-28)25-40-29-19-20-31(36(12,13)41-44-33(4,5)6)32(24-29)37(14,15)42-45-34(7,8)9/h19-21,23-24,26,39H,16-18,22,25H2,1-15H3. The Labute approximate surface area is 285 Å². The number of ether oxygens (including phenoxy) is 1. The van der Waals surface area contributed by atoms with Gasteiger partial charge in [-0.3, -0.25) is 0 Å². The van der Waals surface area contributed by atoms with Crippen LogP contribution in [-0.4, -0.2) is 30.2 Å². The lowest BCUT2D eigenvalue weighted by atomic mass is 9.69. The average Bonchev–Trinajstić information content (AvgIpc) is 3.41. The highest BCUT2D eigenvalue weighted by Gasteiger charge is 2.39. The van der Waals surface area contributed by atoms with Crippen molar-refractivity contribution in [3.8, 4) is 5.75 Å². The van der Waals surface area contributed by atoms with Crippen LogP contribution in [0.25, 0.3) is 5.57 Å². The maximum Gasteiger partial charge on any atom is 0.236 e. The summed E-state index contributed by atoms with van der Waals surface area (Å²) in [6, 6.07) is 8.65. The molecule has 45 heavy (non-hydrogen) atoms. The molecule has 0 saturated carbocycles. The second-order valence-corrected chi connectivity index (χ2v) is 20.9. The molecule has 0 spiro atoms. The van der Waals surface area contributed by atoms with Crippen LogP contribution in [0.15, 0.2) is 35.7 Å². The largest absolute Gasteiger partial charge is 0.488 e. The van der Waals surface area contributed by atoms with Crippen molar-refractivity contribution in [3.63, 3.8) is 0 Å². The molecule has 1 aromatic heterocycles. The van der Waals surface area contributed by atoms with Gasteiger partial charge >= 0.3 is 0 Å². The fraction of sp³-hybridized carbons (Fsp3) is 0.684. The van der Waals surface area contributed by atoms with Gasteiger partial charge in [-0.25, -0.2) is 0 Å².